The molecule has 0 saturated heterocycles. The molecule has 1 rings (SSSR count). The largest absolute Gasteiger partial charge is 0.493 e. The van der Waals surface area contributed by atoms with Crippen LogP contribution < -0.4 is 9.47 Å². The van der Waals surface area contributed by atoms with Crippen molar-refractivity contribution in [1.29, 1.82) is 0 Å². The first-order valence-electron chi connectivity index (χ1n) is 5.92. The quantitative estimate of drug-likeness (QED) is 0.873. The molecule has 1 aromatic carbocycles. The van der Waals surface area contributed by atoms with E-state index in [1.807, 2.05) is 0 Å². The molecule has 4 nitrogen and oxygen atoms in total. The minimum Gasteiger partial charge on any atom is -0.493 e. The maximum atomic E-state index is 12.2. The van der Waals surface area contributed by atoms with Crippen LogP contribution in [-0.2, 0) is 0 Å². The lowest BCUT2D eigenvalue weighted by Crippen LogP contribution is -2.34. The Morgan fingerprint density at radius 2 is 1.80 bits per heavy atom. The lowest BCUT2D eigenvalue weighted by molar-refractivity contribution is -0.145. The Morgan fingerprint density at radius 3 is 2.30 bits per heavy atom. The summed E-state index contributed by atoms with van der Waals surface area (Å²) in [6.45, 7) is -1.20. The molecular weight excluding hydrogens is 275 g/mol. The first-order chi connectivity index (χ1) is 9.26. The van der Waals surface area contributed by atoms with Crippen LogP contribution in [0.25, 0.3) is 0 Å². The molecule has 0 amide bonds. The molecule has 0 radical (unpaired) electrons. The SMILES string of the molecule is COc1ccc(C(O)CN(C)CC(F)(F)F)cc1OC. The van der Waals surface area contributed by atoms with Crippen molar-refractivity contribution in [2.45, 2.75) is 12.3 Å². The Labute approximate surface area is 115 Å². The van der Waals surface area contributed by atoms with Gasteiger partial charge in [-0.1, -0.05) is 6.07 Å². The van der Waals surface area contributed by atoms with Crippen LogP contribution in [-0.4, -0.2) is 50.5 Å². The third-order valence-electron chi connectivity index (χ3n) is 2.73. The van der Waals surface area contributed by atoms with Gasteiger partial charge in [-0.05, 0) is 24.7 Å². The van der Waals surface area contributed by atoms with Crippen molar-refractivity contribution in [1.82, 2.24) is 4.90 Å². The number of ether oxygens (including phenoxy) is 2. The number of hydrogen-bond acceptors (Lipinski definition) is 4. The summed E-state index contributed by atoms with van der Waals surface area (Å²) < 4.78 is 46.8. The molecule has 0 bridgehead atoms. The van der Waals surface area contributed by atoms with E-state index < -0.39 is 18.8 Å². The summed E-state index contributed by atoms with van der Waals surface area (Å²) in [5.41, 5.74) is 0.469. The molecule has 0 fully saturated rings. The molecule has 1 unspecified atom stereocenters. The number of halogens is 3. The van der Waals surface area contributed by atoms with E-state index in [0.29, 0.717) is 17.1 Å². The number of benzene rings is 1. The zero-order chi connectivity index (χ0) is 15.3. The predicted molar refractivity (Wildman–Crippen MR) is 68.1 cm³/mol. The second-order valence-electron chi connectivity index (χ2n) is 4.44. The van der Waals surface area contributed by atoms with Crippen molar-refractivity contribution >= 4 is 0 Å². The number of hydrogen-bond donors (Lipinski definition) is 1. The van der Waals surface area contributed by atoms with E-state index in [1.165, 1.54) is 21.3 Å². The number of likely N-dealkylation sites (N-methyl/N-ethyl adjacent to an activating group) is 1. The van der Waals surface area contributed by atoms with Crippen LogP contribution in [0, 0.1) is 0 Å². The summed E-state index contributed by atoms with van der Waals surface area (Å²) >= 11 is 0. The van der Waals surface area contributed by atoms with Crippen LogP contribution in [0.3, 0.4) is 0 Å². The second-order valence-corrected chi connectivity index (χ2v) is 4.44. The van der Waals surface area contributed by atoms with E-state index in [0.717, 1.165) is 4.90 Å². The zero-order valence-electron chi connectivity index (χ0n) is 11.6. The topological polar surface area (TPSA) is 41.9 Å². The molecule has 1 aromatic rings. The summed E-state index contributed by atoms with van der Waals surface area (Å²) in [4.78, 5) is 1.02. The fraction of sp³-hybridized carbons (Fsp3) is 0.538. The van der Waals surface area contributed by atoms with Crippen molar-refractivity contribution in [2.75, 3.05) is 34.4 Å². The predicted octanol–water partition coefficient (Wildman–Crippen LogP) is 2.23. The minimum atomic E-state index is -4.29. The van der Waals surface area contributed by atoms with E-state index >= 15 is 0 Å². The molecule has 0 aromatic heterocycles. The lowest BCUT2D eigenvalue weighted by Gasteiger charge is -2.22. The standard InChI is InChI=1S/C13H18F3NO3/c1-17(8-13(14,15)16)7-10(18)9-4-5-11(19-2)12(6-9)20-3/h4-6,10,18H,7-8H2,1-3H3. The van der Waals surface area contributed by atoms with Gasteiger partial charge in [0.1, 0.15) is 0 Å². The smallest absolute Gasteiger partial charge is 0.401 e. The highest BCUT2D eigenvalue weighted by molar-refractivity contribution is 5.43. The summed E-state index contributed by atoms with van der Waals surface area (Å²) in [7, 11) is 4.23. The minimum absolute atomic E-state index is 0.130. The Balaban J connectivity index is 2.74. The first-order valence-corrected chi connectivity index (χ1v) is 5.92. The number of rotatable bonds is 6. The summed E-state index contributed by atoms with van der Waals surface area (Å²) in [5.74, 6) is 0.912. The van der Waals surface area contributed by atoms with E-state index in [4.69, 9.17) is 9.47 Å². The third-order valence-corrected chi connectivity index (χ3v) is 2.73. The number of aliphatic hydroxyl groups is 1. The van der Waals surface area contributed by atoms with Gasteiger partial charge < -0.3 is 14.6 Å². The maximum absolute atomic E-state index is 12.2. The summed E-state index contributed by atoms with van der Waals surface area (Å²) in [5, 5.41) is 9.97. The van der Waals surface area contributed by atoms with Crippen molar-refractivity contribution in [3.8, 4) is 11.5 Å². The highest BCUT2D eigenvalue weighted by Gasteiger charge is 2.30. The number of aliphatic hydroxyl groups excluding tert-OH is 1. The molecule has 0 heterocycles. The molecule has 0 aliphatic carbocycles. The van der Waals surface area contributed by atoms with Crippen LogP contribution in [0.15, 0.2) is 18.2 Å². The van der Waals surface area contributed by atoms with Crippen molar-refractivity contribution in [3.63, 3.8) is 0 Å². The molecule has 20 heavy (non-hydrogen) atoms. The van der Waals surface area contributed by atoms with Crippen LogP contribution in [0.4, 0.5) is 13.2 Å². The van der Waals surface area contributed by atoms with Gasteiger partial charge in [0.15, 0.2) is 11.5 Å². The van der Waals surface area contributed by atoms with Gasteiger partial charge in [-0.2, -0.15) is 13.2 Å². The molecule has 1 atom stereocenters. The Morgan fingerprint density at radius 1 is 1.20 bits per heavy atom. The van der Waals surface area contributed by atoms with Crippen molar-refractivity contribution in [3.05, 3.63) is 23.8 Å². The van der Waals surface area contributed by atoms with E-state index in [-0.39, 0.29) is 6.54 Å². The van der Waals surface area contributed by atoms with Crippen molar-refractivity contribution < 1.29 is 27.8 Å². The van der Waals surface area contributed by atoms with Crippen LogP contribution in [0.2, 0.25) is 0 Å². The Hall–Kier alpha value is -1.47. The lowest BCUT2D eigenvalue weighted by atomic mass is 10.1. The van der Waals surface area contributed by atoms with Gasteiger partial charge in [0, 0.05) is 6.54 Å². The molecule has 0 aliphatic heterocycles. The average Bonchev–Trinajstić information content (AvgIpc) is 2.35. The number of nitrogens with zero attached hydrogens (tertiary/aromatic N) is 1. The van der Waals surface area contributed by atoms with E-state index in [2.05, 4.69) is 0 Å². The second kappa shape index (κ2) is 6.81. The van der Waals surface area contributed by atoms with Gasteiger partial charge in [0.2, 0.25) is 0 Å². The van der Waals surface area contributed by atoms with E-state index in [1.54, 1.807) is 18.2 Å². The van der Waals surface area contributed by atoms with Gasteiger partial charge in [0.25, 0.3) is 0 Å². The van der Waals surface area contributed by atoms with Gasteiger partial charge in [-0.15, -0.1) is 0 Å². The fourth-order valence-corrected chi connectivity index (χ4v) is 1.83. The third kappa shape index (κ3) is 4.90. The zero-order valence-corrected chi connectivity index (χ0v) is 11.6. The Bertz CT molecular complexity index is 437. The number of methoxy groups -OCH3 is 2. The van der Waals surface area contributed by atoms with Crippen molar-refractivity contribution in [2.24, 2.45) is 0 Å². The van der Waals surface area contributed by atoms with E-state index in [9.17, 15) is 18.3 Å². The van der Waals surface area contributed by atoms with Gasteiger partial charge in [0.05, 0.1) is 26.9 Å². The Kier molecular flexibility index (Phi) is 5.64. The average molecular weight is 293 g/mol. The molecule has 1 N–H and O–H groups in total. The normalized spacial score (nSPS) is 13.4. The van der Waals surface area contributed by atoms with Gasteiger partial charge >= 0.3 is 6.18 Å². The molecule has 0 aliphatic rings. The molecule has 7 heteroatoms. The highest BCUT2D eigenvalue weighted by Crippen LogP contribution is 2.30. The van der Waals surface area contributed by atoms with Crippen LogP contribution >= 0.6 is 0 Å². The van der Waals surface area contributed by atoms with Crippen LogP contribution in [0.5, 0.6) is 11.5 Å². The maximum Gasteiger partial charge on any atom is 0.401 e. The highest BCUT2D eigenvalue weighted by atomic mass is 19.4. The van der Waals surface area contributed by atoms with Crippen LogP contribution in [0.1, 0.15) is 11.7 Å². The monoisotopic (exact) mass is 293 g/mol. The molecular formula is C13H18F3NO3. The molecule has 114 valence electrons. The molecule has 0 spiro atoms. The number of alkyl halides is 3. The molecule has 0 saturated carbocycles. The summed E-state index contributed by atoms with van der Waals surface area (Å²) in [6, 6.07) is 4.74. The van der Waals surface area contributed by atoms with Gasteiger partial charge in [-0.25, -0.2) is 0 Å². The summed E-state index contributed by atoms with van der Waals surface area (Å²) in [6.07, 6.45) is -5.33. The van der Waals surface area contributed by atoms with Gasteiger partial charge in [-0.3, -0.25) is 4.90 Å². The fourth-order valence-electron chi connectivity index (χ4n) is 1.83. The first kappa shape index (κ1) is 16.6.